The topological polar surface area (TPSA) is 24.7 Å². The van der Waals surface area contributed by atoms with Gasteiger partial charge in [-0.1, -0.05) is 0 Å². The lowest BCUT2D eigenvalue weighted by Crippen LogP contribution is -1.81. The predicted octanol–water partition coefficient (Wildman–Crippen LogP) is -0.0586. The van der Waals surface area contributed by atoms with Crippen molar-refractivity contribution < 1.29 is 0 Å². The molecule has 0 aromatic carbocycles. The summed E-state index contributed by atoms with van der Waals surface area (Å²) in [6.45, 7) is 0. The Morgan fingerprint density at radius 2 is 2.00 bits per heavy atom. The second kappa shape index (κ2) is 1.93. The number of nitrogens with zero attached hydrogens (tertiary/aromatic N) is 2. The Morgan fingerprint density at radius 3 is 2.29 bits per heavy atom. The molecule has 0 aromatic heterocycles. The molecular formula is C4H5N2S+. The maximum atomic E-state index is 3.89. The predicted molar refractivity (Wildman–Crippen MR) is 35.3 cm³/mol. The van der Waals surface area contributed by atoms with Crippen molar-refractivity contribution >= 4 is 28.9 Å². The van der Waals surface area contributed by atoms with Crippen molar-refractivity contribution in [3.05, 3.63) is 0 Å². The minimum atomic E-state index is 0.847. The van der Waals surface area contributed by atoms with E-state index in [0.717, 1.165) is 5.11 Å². The molecule has 0 spiro atoms. The molecule has 0 N–H and O–H groups in total. The highest BCUT2D eigenvalue weighted by molar-refractivity contribution is 7.78. The van der Waals surface area contributed by atoms with Crippen LogP contribution in [0, 0.1) is 0 Å². The summed E-state index contributed by atoms with van der Waals surface area (Å²) in [5.41, 5.74) is 0. The number of aliphatic imine (C=N–C) groups is 2. The molecule has 0 fully saturated rings. The first-order valence-electron chi connectivity index (χ1n) is 1.91. The standard InChI is InChI=1S/C4H5N2S/c1-7-4-5-2-3-6-4/h2-3H,1H3/q+1. The van der Waals surface area contributed by atoms with Crippen LogP contribution in [0.15, 0.2) is 9.98 Å². The quantitative estimate of drug-likeness (QED) is 0.310. The lowest BCUT2D eigenvalue weighted by molar-refractivity contribution is 1.69. The Kier molecular flexibility index (Phi) is 1.26. The summed E-state index contributed by atoms with van der Waals surface area (Å²) in [4.78, 5) is 7.77. The number of hydrogen-bond donors (Lipinski definition) is 0. The van der Waals surface area contributed by atoms with Gasteiger partial charge in [0.15, 0.2) is 6.26 Å². The van der Waals surface area contributed by atoms with Crippen molar-refractivity contribution in [2.45, 2.75) is 0 Å². The van der Waals surface area contributed by atoms with Gasteiger partial charge in [-0.25, -0.2) is 0 Å². The van der Waals surface area contributed by atoms with E-state index in [1.807, 2.05) is 6.26 Å². The summed E-state index contributed by atoms with van der Waals surface area (Å²) >= 11 is 1.55. The van der Waals surface area contributed by atoms with Crippen LogP contribution in [0.5, 0.6) is 0 Å². The van der Waals surface area contributed by atoms with E-state index in [4.69, 9.17) is 0 Å². The summed E-state index contributed by atoms with van der Waals surface area (Å²) in [5, 5.41) is 0.847. The van der Waals surface area contributed by atoms with Crippen LogP contribution in [0.2, 0.25) is 0 Å². The van der Waals surface area contributed by atoms with Gasteiger partial charge in [0.05, 0.1) is 12.4 Å². The first kappa shape index (κ1) is 4.59. The molecule has 1 rings (SSSR count). The van der Waals surface area contributed by atoms with Crippen LogP contribution >= 0.6 is 0 Å². The van der Waals surface area contributed by atoms with Crippen LogP contribution in [0.4, 0.5) is 0 Å². The van der Waals surface area contributed by atoms with E-state index in [9.17, 15) is 0 Å². The molecule has 0 amide bonds. The fourth-order valence-corrected chi connectivity index (χ4v) is 0.665. The molecule has 0 unspecified atom stereocenters. The van der Waals surface area contributed by atoms with Crippen molar-refractivity contribution in [1.29, 1.82) is 0 Å². The normalized spacial score (nSPS) is 15.9. The molecule has 36 valence electrons. The molecule has 0 saturated heterocycles. The van der Waals surface area contributed by atoms with E-state index in [1.54, 1.807) is 23.8 Å². The van der Waals surface area contributed by atoms with E-state index in [-0.39, 0.29) is 0 Å². The first-order valence-corrected chi connectivity index (χ1v) is 3.13. The lowest BCUT2D eigenvalue weighted by Gasteiger charge is -1.60. The van der Waals surface area contributed by atoms with Crippen molar-refractivity contribution in [2.24, 2.45) is 9.98 Å². The van der Waals surface area contributed by atoms with E-state index in [0.29, 0.717) is 0 Å². The molecule has 0 bridgehead atoms. The molecule has 0 aliphatic carbocycles. The average molecular weight is 113 g/mol. The molecule has 0 atom stereocenters. The van der Waals surface area contributed by atoms with Gasteiger partial charge in [-0.3, -0.25) is 0 Å². The van der Waals surface area contributed by atoms with E-state index < -0.39 is 0 Å². The zero-order chi connectivity index (χ0) is 5.11. The fraction of sp³-hybridized carbons (Fsp3) is 0.250. The monoisotopic (exact) mass is 113 g/mol. The summed E-state index contributed by atoms with van der Waals surface area (Å²) in [6.07, 6.45) is 5.33. The van der Waals surface area contributed by atoms with Crippen LogP contribution in [-0.4, -0.2) is 23.8 Å². The van der Waals surface area contributed by atoms with E-state index in [1.165, 1.54) is 0 Å². The third-order valence-electron chi connectivity index (χ3n) is 0.619. The molecule has 1 heterocycles. The molecule has 0 aromatic rings. The Labute approximate surface area is 45.9 Å². The van der Waals surface area contributed by atoms with Gasteiger partial charge in [0.1, 0.15) is 0 Å². The van der Waals surface area contributed by atoms with Gasteiger partial charge >= 0.3 is 5.11 Å². The highest BCUT2D eigenvalue weighted by Crippen LogP contribution is 1.81. The Balaban J connectivity index is 2.79. The minimum absolute atomic E-state index is 0.847. The molecule has 7 heavy (non-hydrogen) atoms. The smallest absolute Gasteiger partial charge is 0.182 e. The molecule has 1 aliphatic heterocycles. The zero-order valence-corrected chi connectivity index (χ0v) is 4.77. The Morgan fingerprint density at radius 1 is 1.43 bits per heavy atom. The van der Waals surface area contributed by atoms with Crippen LogP contribution < -0.4 is 0 Å². The summed E-state index contributed by atoms with van der Waals surface area (Å²) in [6, 6.07) is 0. The molecule has 2 nitrogen and oxygen atoms in total. The molecule has 3 heteroatoms. The lowest BCUT2D eigenvalue weighted by atomic mass is 10.9. The fourth-order valence-electron chi connectivity index (χ4n) is 0.333. The minimum Gasteiger partial charge on any atom is -0.182 e. The van der Waals surface area contributed by atoms with Crippen LogP contribution in [0.3, 0.4) is 0 Å². The highest BCUT2D eigenvalue weighted by atomic mass is 32.1. The van der Waals surface area contributed by atoms with Gasteiger partial charge in [0, 0.05) is 0 Å². The molecule has 0 radical (unpaired) electrons. The van der Waals surface area contributed by atoms with Crippen molar-refractivity contribution in [2.75, 3.05) is 6.26 Å². The summed E-state index contributed by atoms with van der Waals surface area (Å²) < 4.78 is 0. The Hall–Kier alpha value is -0.570. The van der Waals surface area contributed by atoms with Gasteiger partial charge in [-0.05, 0) is 0 Å². The number of rotatable bonds is 0. The summed E-state index contributed by atoms with van der Waals surface area (Å²) in [7, 11) is 0. The summed E-state index contributed by atoms with van der Waals surface area (Å²) in [5.74, 6) is 0. The second-order valence-electron chi connectivity index (χ2n) is 1.04. The maximum absolute atomic E-state index is 3.89. The van der Waals surface area contributed by atoms with Crippen LogP contribution in [0.25, 0.3) is 0 Å². The average Bonchev–Trinajstić information content (AvgIpc) is 2.14. The van der Waals surface area contributed by atoms with Crippen molar-refractivity contribution in [3.8, 4) is 0 Å². The van der Waals surface area contributed by atoms with Crippen molar-refractivity contribution in [1.82, 2.24) is 0 Å². The van der Waals surface area contributed by atoms with Crippen LogP contribution in [-0.2, 0) is 11.4 Å². The largest absolute Gasteiger partial charge is 0.415 e. The Bertz CT molecular complexity index is 132. The SMILES string of the molecule is C[S+]=C1N=CC=N1. The molecule has 0 saturated carbocycles. The first-order chi connectivity index (χ1) is 3.43. The van der Waals surface area contributed by atoms with Gasteiger partial charge < -0.3 is 0 Å². The van der Waals surface area contributed by atoms with Gasteiger partial charge in [-0.15, -0.1) is 0 Å². The molecular weight excluding hydrogens is 108 g/mol. The van der Waals surface area contributed by atoms with E-state index >= 15 is 0 Å². The third-order valence-corrected chi connectivity index (χ3v) is 1.20. The van der Waals surface area contributed by atoms with Gasteiger partial charge in [-0.2, -0.15) is 9.98 Å². The van der Waals surface area contributed by atoms with Gasteiger partial charge in [0.25, 0.3) is 0 Å². The third kappa shape index (κ3) is 0.899. The zero-order valence-electron chi connectivity index (χ0n) is 3.96. The maximum Gasteiger partial charge on any atom is 0.415 e. The second-order valence-corrected chi connectivity index (χ2v) is 1.82. The van der Waals surface area contributed by atoms with Crippen molar-refractivity contribution in [3.63, 3.8) is 0 Å². The van der Waals surface area contributed by atoms with Gasteiger partial charge in [0.2, 0.25) is 11.4 Å². The number of hydrogen-bond acceptors (Lipinski definition) is 0. The highest BCUT2D eigenvalue weighted by Gasteiger charge is 2.02. The molecule has 1 aliphatic rings. The van der Waals surface area contributed by atoms with E-state index in [2.05, 4.69) is 9.98 Å². The van der Waals surface area contributed by atoms with Crippen LogP contribution in [0.1, 0.15) is 0 Å².